The summed E-state index contributed by atoms with van der Waals surface area (Å²) < 4.78 is 16.4. The van der Waals surface area contributed by atoms with Crippen molar-refractivity contribution in [2.75, 3.05) is 38.5 Å². The number of ether oxygens (including phenoxy) is 3. The second kappa shape index (κ2) is 17.0. The van der Waals surface area contributed by atoms with Gasteiger partial charge < -0.3 is 24.0 Å². The van der Waals surface area contributed by atoms with E-state index in [0.717, 1.165) is 37.0 Å². The van der Waals surface area contributed by atoms with E-state index >= 15 is 0 Å². The molecule has 45 heavy (non-hydrogen) atoms. The molecule has 1 aromatic heterocycles. The summed E-state index contributed by atoms with van der Waals surface area (Å²) in [6, 6.07) is 2.77. The summed E-state index contributed by atoms with van der Waals surface area (Å²) in [6.45, 7) is 14.7. The number of esters is 2. The van der Waals surface area contributed by atoms with Crippen LogP contribution in [0.1, 0.15) is 97.1 Å². The van der Waals surface area contributed by atoms with Crippen LogP contribution in [0.15, 0.2) is 17.5 Å². The van der Waals surface area contributed by atoms with Crippen molar-refractivity contribution in [3.8, 4) is 0 Å². The third-order valence-electron chi connectivity index (χ3n) is 7.66. The Balaban J connectivity index is 1.58. The van der Waals surface area contributed by atoms with Gasteiger partial charge in [-0.1, -0.05) is 25.3 Å². The number of thiophene rings is 1. The fraction of sp³-hybridized carbons (Fsp3) is 0.758. The lowest BCUT2D eigenvalue weighted by atomic mass is 9.91. The molecule has 0 aromatic carbocycles. The highest BCUT2D eigenvalue weighted by atomic mass is 32.2. The van der Waals surface area contributed by atoms with E-state index in [1.54, 1.807) is 60.6 Å². The molecule has 0 radical (unpaired) electrons. The standard InChI is InChI=1S/C33H53N3O7S2/c1-8-41-30(39)24(13-10-9-12-23-15-17-35(18-16-23)31(40)43-33(5,6)7)34-25-22-45-27(26-14-11-19-44-26)20-36(29(25)38)21-28(37)42-32(2,3)4/h11,14,19,23-25,27,34H,8-10,12-13,15-18,20-22H2,1-7H3/t24-,25-,27-/m0/s1. The molecule has 3 atom stereocenters. The summed E-state index contributed by atoms with van der Waals surface area (Å²) in [5, 5.41) is 5.36. The van der Waals surface area contributed by atoms with Crippen molar-refractivity contribution in [1.82, 2.24) is 15.1 Å². The van der Waals surface area contributed by atoms with Gasteiger partial charge in [-0.05, 0) is 85.1 Å². The van der Waals surface area contributed by atoms with Crippen LogP contribution in [0.5, 0.6) is 0 Å². The van der Waals surface area contributed by atoms with Gasteiger partial charge in [0.15, 0.2) is 0 Å². The first-order valence-corrected chi connectivity index (χ1v) is 18.1. The number of likely N-dealkylation sites (tertiary alicyclic amines) is 1. The molecule has 10 nitrogen and oxygen atoms in total. The molecule has 0 spiro atoms. The van der Waals surface area contributed by atoms with Crippen molar-refractivity contribution < 1.29 is 33.4 Å². The number of carbonyl (C=O) groups excluding carboxylic acids is 4. The van der Waals surface area contributed by atoms with Gasteiger partial charge >= 0.3 is 18.0 Å². The molecule has 1 aromatic rings. The summed E-state index contributed by atoms with van der Waals surface area (Å²) in [7, 11) is 0. The minimum atomic E-state index is -0.657. The number of amides is 2. The van der Waals surface area contributed by atoms with Gasteiger partial charge in [-0.2, -0.15) is 0 Å². The van der Waals surface area contributed by atoms with Crippen molar-refractivity contribution >= 4 is 47.0 Å². The SMILES string of the molecule is CCOC(=O)[C@H](CCCCC1CCN(C(=O)OC(C)(C)C)CC1)N[C@H]1CS[C@H](c2cccs2)CN(CC(=O)OC(C)(C)C)C1=O. The highest BCUT2D eigenvalue weighted by molar-refractivity contribution is 7.99. The Morgan fingerprint density at radius 3 is 2.33 bits per heavy atom. The minimum Gasteiger partial charge on any atom is -0.465 e. The van der Waals surface area contributed by atoms with E-state index in [9.17, 15) is 19.2 Å². The molecule has 254 valence electrons. The Bertz CT molecular complexity index is 1110. The van der Waals surface area contributed by atoms with Crippen molar-refractivity contribution in [3.63, 3.8) is 0 Å². The van der Waals surface area contributed by atoms with E-state index < -0.39 is 29.3 Å². The average Bonchev–Trinajstić information content (AvgIpc) is 3.43. The molecule has 1 N–H and O–H groups in total. The Labute approximate surface area is 277 Å². The fourth-order valence-electron chi connectivity index (χ4n) is 5.55. The van der Waals surface area contributed by atoms with Gasteiger partial charge in [0.2, 0.25) is 5.91 Å². The average molecular weight is 668 g/mol. The zero-order valence-corrected chi connectivity index (χ0v) is 29.7. The molecule has 0 unspecified atom stereocenters. The van der Waals surface area contributed by atoms with Gasteiger partial charge in [0, 0.05) is 30.3 Å². The molecule has 12 heteroatoms. The molecule has 2 aliphatic heterocycles. The van der Waals surface area contributed by atoms with Crippen molar-refractivity contribution in [2.45, 2.75) is 116 Å². The second-order valence-electron chi connectivity index (χ2n) is 13.9. The summed E-state index contributed by atoms with van der Waals surface area (Å²) in [5.74, 6) is -0.0335. The summed E-state index contributed by atoms with van der Waals surface area (Å²) in [5.41, 5.74) is -1.16. The molecule has 0 bridgehead atoms. The predicted octanol–water partition coefficient (Wildman–Crippen LogP) is 5.80. The van der Waals surface area contributed by atoms with Crippen LogP contribution in [0.3, 0.4) is 0 Å². The van der Waals surface area contributed by atoms with Crippen LogP contribution < -0.4 is 5.32 Å². The van der Waals surface area contributed by atoms with Gasteiger partial charge in [-0.15, -0.1) is 23.1 Å². The number of nitrogens with one attached hydrogen (secondary N) is 1. The van der Waals surface area contributed by atoms with Gasteiger partial charge in [0.1, 0.15) is 23.8 Å². The zero-order valence-electron chi connectivity index (χ0n) is 28.1. The summed E-state index contributed by atoms with van der Waals surface area (Å²) in [4.78, 5) is 56.5. The maximum absolute atomic E-state index is 13.8. The van der Waals surface area contributed by atoms with Crippen LogP contribution in [0, 0.1) is 5.92 Å². The predicted molar refractivity (Wildman–Crippen MR) is 178 cm³/mol. The summed E-state index contributed by atoms with van der Waals surface area (Å²) >= 11 is 3.29. The van der Waals surface area contributed by atoms with Crippen LogP contribution in [0.25, 0.3) is 0 Å². The number of nitrogens with zero attached hydrogens (tertiary/aromatic N) is 2. The molecular weight excluding hydrogens is 615 g/mol. The Kier molecular flexibility index (Phi) is 14.0. The van der Waals surface area contributed by atoms with E-state index in [4.69, 9.17) is 14.2 Å². The Morgan fingerprint density at radius 2 is 1.73 bits per heavy atom. The number of hydrogen-bond acceptors (Lipinski definition) is 10. The number of carbonyl (C=O) groups is 4. The first-order chi connectivity index (χ1) is 21.1. The first kappa shape index (κ1) is 37.2. The number of rotatable bonds is 12. The number of hydrogen-bond donors (Lipinski definition) is 1. The lowest BCUT2D eigenvalue weighted by Gasteiger charge is -2.33. The third kappa shape index (κ3) is 12.8. The lowest BCUT2D eigenvalue weighted by molar-refractivity contribution is -0.159. The highest BCUT2D eigenvalue weighted by Crippen LogP contribution is 2.36. The zero-order chi connectivity index (χ0) is 33.2. The molecule has 3 heterocycles. The smallest absolute Gasteiger partial charge is 0.410 e. The molecular formula is C33H53N3O7S2. The topological polar surface area (TPSA) is 114 Å². The maximum Gasteiger partial charge on any atom is 0.410 e. The van der Waals surface area contributed by atoms with E-state index in [1.807, 2.05) is 32.2 Å². The Morgan fingerprint density at radius 1 is 1.04 bits per heavy atom. The normalized spacial score (nSPS) is 20.8. The second-order valence-corrected chi connectivity index (χ2v) is 16.1. The molecule has 2 saturated heterocycles. The van der Waals surface area contributed by atoms with Crippen LogP contribution in [-0.4, -0.2) is 95.6 Å². The van der Waals surface area contributed by atoms with Crippen LogP contribution in [0.2, 0.25) is 0 Å². The number of piperidine rings is 1. The van der Waals surface area contributed by atoms with Gasteiger partial charge in [-0.3, -0.25) is 19.7 Å². The summed E-state index contributed by atoms with van der Waals surface area (Å²) in [6.07, 6.45) is 4.93. The van der Waals surface area contributed by atoms with Gasteiger partial charge in [-0.25, -0.2) is 4.79 Å². The third-order valence-corrected chi connectivity index (χ3v) is 10.1. The molecule has 2 amide bonds. The molecule has 0 saturated carbocycles. The fourth-order valence-corrected chi connectivity index (χ4v) is 7.81. The van der Waals surface area contributed by atoms with E-state index in [0.29, 0.717) is 37.7 Å². The molecule has 0 aliphatic carbocycles. The van der Waals surface area contributed by atoms with Gasteiger partial charge in [0.25, 0.3) is 0 Å². The molecule has 2 aliphatic rings. The van der Waals surface area contributed by atoms with Crippen LogP contribution >= 0.6 is 23.1 Å². The lowest BCUT2D eigenvalue weighted by Crippen LogP contribution is -2.54. The minimum absolute atomic E-state index is 0.0194. The largest absolute Gasteiger partial charge is 0.465 e. The number of unbranched alkanes of at least 4 members (excludes halogenated alkanes) is 1. The Hall–Kier alpha value is -2.31. The van der Waals surface area contributed by atoms with Crippen molar-refractivity contribution in [3.05, 3.63) is 22.4 Å². The quantitative estimate of drug-likeness (QED) is 0.168. The maximum atomic E-state index is 13.8. The molecule has 2 fully saturated rings. The van der Waals surface area contributed by atoms with Crippen LogP contribution in [0.4, 0.5) is 4.79 Å². The van der Waals surface area contributed by atoms with E-state index in [-0.39, 0.29) is 36.4 Å². The van der Waals surface area contributed by atoms with Crippen molar-refractivity contribution in [1.29, 1.82) is 0 Å². The first-order valence-electron chi connectivity index (χ1n) is 16.2. The monoisotopic (exact) mass is 667 g/mol. The van der Waals surface area contributed by atoms with Crippen LogP contribution in [-0.2, 0) is 28.6 Å². The highest BCUT2D eigenvalue weighted by Gasteiger charge is 2.37. The van der Waals surface area contributed by atoms with E-state index in [1.165, 1.54) is 0 Å². The van der Waals surface area contributed by atoms with Crippen molar-refractivity contribution in [2.24, 2.45) is 5.92 Å². The van der Waals surface area contributed by atoms with E-state index in [2.05, 4.69) is 11.4 Å². The van der Waals surface area contributed by atoms with Gasteiger partial charge in [0.05, 0.1) is 17.9 Å². The molecule has 3 rings (SSSR count). The number of thioether (sulfide) groups is 1.